The van der Waals surface area contributed by atoms with Gasteiger partial charge in [0.15, 0.2) is 11.6 Å². The number of benzene rings is 1. The molecule has 0 saturated carbocycles. The van der Waals surface area contributed by atoms with Crippen LogP contribution in [0.3, 0.4) is 0 Å². The number of nitrogens with zero attached hydrogens (tertiary/aromatic N) is 1. The van der Waals surface area contributed by atoms with Crippen molar-refractivity contribution < 1.29 is 13.9 Å². The fraction of sp³-hybridized carbons (Fsp3) is 0.562. The second kappa shape index (κ2) is 6.02. The van der Waals surface area contributed by atoms with Crippen LogP contribution in [0.15, 0.2) is 18.2 Å². The number of ether oxygens (including phenoxy) is 1. The summed E-state index contributed by atoms with van der Waals surface area (Å²) in [7, 11) is 0. The summed E-state index contributed by atoms with van der Waals surface area (Å²) >= 11 is 0. The Hall–Kier alpha value is -1.62. The minimum atomic E-state index is -0.469. The number of halogens is 1. The molecule has 2 unspecified atom stereocenters. The van der Waals surface area contributed by atoms with Gasteiger partial charge in [0.1, 0.15) is 0 Å². The van der Waals surface area contributed by atoms with Gasteiger partial charge in [0.25, 0.3) is 5.91 Å². The zero-order valence-electron chi connectivity index (χ0n) is 12.3. The van der Waals surface area contributed by atoms with Crippen LogP contribution < -0.4 is 10.1 Å². The number of para-hydroxylation sites is 1. The van der Waals surface area contributed by atoms with E-state index >= 15 is 0 Å². The Labute approximate surface area is 124 Å². The summed E-state index contributed by atoms with van der Waals surface area (Å²) in [6.45, 7) is 3.89. The van der Waals surface area contributed by atoms with Gasteiger partial charge in [0.05, 0.1) is 12.2 Å². The van der Waals surface area contributed by atoms with Gasteiger partial charge in [-0.2, -0.15) is 0 Å². The largest absolute Gasteiger partial charge is 0.490 e. The van der Waals surface area contributed by atoms with Crippen LogP contribution in [0.5, 0.6) is 5.75 Å². The molecule has 2 aliphatic rings. The van der Waals surface area contributed by atoms with E-state index in [0.717, 1.165) is 32.4 Å². The molecule has 0 aliphatic carbocycles. The number of fused-ring (bicyclic) bond motifs is 2. The first-order valence-electron chi connectivity index (χ1n) is 7.67. The molecule has 114 valence electrons. The maximum atomic E-state index is 13.9. The molecule has 5 heteroatoms. The minimum absolute atomic E-state index is 0.0848. The van der Waals surface area contributed by atoms with Crippen LogP contribution in [-0.2, 0) is 0 Å². The molecule has 2 saturated heterocycles. The van der Waals surface area contributed by atoms with E-state index in [1.165, 1.54) is 6.07 Å². The Kier molecular flexibility index (Phi) is 4.10. The molecule has 2 fully saturated rings. The van der Waals surface area contributed by atoms with Crippen molar-refractivity contribution in [2.75, 3.05) is 19.7 Å². The lowest BCUT2D eigenvalue weighted by Crippen LogP contribution is -2.42. The lowest BCUT2D eigenvalue weighted by atomic mass is 10.1. The third-order valence-corrected chi connectivity index (χ3v) is 4.37. The van der Waals surface area contributed by atoms with Crippen LogP contribution in [0, 0.1) is 5.82 Å². The van der Waals surface area contributed by atoms with Gasteiger partial charge in [-0.05, 0) is 44.9 Å². The first-order valence-corrected chi connectivity index (χ1v) is 7.67. The molecule has 2 atom stereocenters. The summed E-state index contributed by atoms with van der Waals surface area (Å²) in [4.78, 5) is 14.9. The predicted octanol–water partition coefficient (Wildman–Crippen LogP) is 2.19. The van der Waals surface area contributed by atoms with Gasteiger partial charge in [0, 0.05) is 18.6 Å². The van der Waals surface area contributed by atoms with Gasteiger partial charge in [-0.25, -0.2) is 4.39 Å². The highest BCUT2D eigenvalue weighted by atomic mass is 19.1. The van der Waals surface area contributed by atoms with E-state index in [2.05, 4.69) is 5.32 Å². The smallest absolute Gasteiger partial charge is 0.258 e. The summed E-state index contributed by atoms with van der Waals surface area (Å²) in [5, 5.41) is 3.37. The molecule has 0 aromatic heterocycles. The van der Waals surface area contributed by atoms with Gasteiger partial charge in [-0.3, -0.25) is 4.79 Å². The quantitative estimate of drug-likeness (QED) is 0.928. The number of amides is 1. The molecule has 4 nitrogen and oxygen atoms in total. The summed E-state index contributed by atoms with van der Waals surface area (Å²) in [6, 6.07) is 5.04. The number of carbonyl (C=O) groups is 1. The summed E-state index contributed by atoms with van der Waals surface area (Å²) in [6.07, 6.45) is 3.02. The highest BCUT2D eigenvalue weighted by Gasteiger charge is 2.39. The highest BCUT2D eigenvalue weighted by Crippen LogP contribution is 2.32. The molecule has 1 amide bonds. The van der Waals surface area contributed by atoms with Crippen LogP contribution >= 0.6 is 0 Å². The van der Waals surface area contributed by atoms with Crippen LogP contribution in [0.2, 0.25) is 0 Å². The van der Waals surface area contributed by atoms with E-state index < -0.39 is 5.82 Å². The van der Waals surface area contributed by atoms with E-state index in [-0.39, 0.29) is 23.7 Å². The Morgan fingerprint density at radius 1 is 1.38 bits per heavy atom. The second-order valence-corrected chi connectivity index (χ2v) is 5.64. The Balaban J connectivity index is 1.93. The minimum Gasteiger partial charge on any atom is -0.490 e. The number of hydrogen-bond acceptors (Lipinski definition) is 3. The molecule has 1 aromatic carbocycles. The summed E-state index contributed by atoms with van der Waals surface area (Å²) < 4.78 is 19.3. The molecule has 3 rings (SSSR count). The van der Waals surface area contributed by atoms with E-state index in [0.29, 0.717) is 12.2 Å². The average molecular weight is 292 g/mol. The monoisotopic (exact) mass is 292 g/mol. The Morgan fingerprint density at radius 2 is 2.19 bits per heavy atom. The van der Waals surface area contributed by atoms with Crippen molar-refractivity contribution in [3.8, 4) is 5.75 Å². The molecule has 0 radical (unpaired) electrons. The first-order chi connectivity index (χ1) is 10.2. The van der Waals surface area contributed by atoms with E-state index in [4.69, 9.17) is 4.74 Å². The van der Waals surface area contributed by atoms with E-state index in [1.54, 1.807) is 19.1 Å². The lowest BCUT2D eigenvalue weighted by molar-refractivity contribution is 0.0675. The predicted molar refractivity (Wildman–Crippen MR) is 78.0 cm³/mol. The van der Waals surface area contributed by atoms with Crippen molar-refractivity contribution in [2.24, 2.45) is 0 Å². The third-order valence-electron chi connectivity index (χ3n) is 4.37. The lowest BCUT2D eigenvalue weighted by Gasteiger charge is -2.28. The number of rotatable bonds is 3. The molecule has 2 heterocycles. The fourth-order valence-corrected chi connectivity index (χ4v) is 3.42. The zero-order valence-corrected chi connectivity index (χ0v) is 12.3. The summed E-state index contributed by atoms with van der Waals surface area (Å²) in [5.41, 5.74) is 0.343. The Morgan fingerprint density at radius 3 is 3.00 bits per heavy atom. The van der Waals surface area contributed by atoms with Crippen molar-refractivity contribution >= 4 is 5.91 Å². The van der Waals surface area contributed by atoms with Crippen molar-refractivity contribution in [3.63, 3.8) is 0 Å². The fourth-order valence-electron chi connectivity index (χ4n) is 3.42. The van der Waals surface area contributed by atoms with Crippen LogP contribution in [0.4, 0.5) is 4.39 Å². The number of carbonyl (C=O) groups excluding carboxylic acids is 1. The Bertz CT molecular complexity index is 521. The normalized spacial score (nSPS) is 24.8. The molecule has 0 spiro atoms. The molecule has 21 heavy (non-hydrogen) atoms. The van der Waals surface area contributed by atoms with Gasteiger partial charge in [-0.1, -0.05) is 6.07 Å². The molecule has 2 aliphatic heterocycles. The van der Waals surface area contributed by atoms with Gasteiger partial charge in [0.2, 0.25) is 0 Å². The van der Waals surface area contributed by atoms with Gasteiger partial charge in [-0.15, -0.1) is 0 Å². The second-order valence-electron chi connectivity index (χ2n) is 5.64. The van der Waals surface area contributed by atoms with Crippen LogP contribution in [-0.4, -0.2) is 42.6 Å². The topological polar surface area (TPSA) is 41.6 Å². The SMILES string of the molecule is CCOc1c(F)cccc1C(=O)N1C2CCNCC1CC2. The van der Waals surface area contributed by atoms with E-state index in [1.807, 2.05) is 4.90 Å². The van der Waals surface area contributed by atoms with Gasteiger partial charge >= 0.3 is 0 Å². The first kappa shape index (κ1) is 14.3. The third kappa shape index (κ3) is 2.62. The van der Waals surface area contributed by atoms with Crippen molar-refractivity contribution in [2.45, 2.75) is 38.3 Å². The maximum absolute atomic E-state index is 13.9. The average Bonchev–Trinajstić information content (AvgIpc) is 2.74. The van der Waals surface area contributed by atoms with Crippen molar-refractivity contribution in [3.05, 3.63) is 29.6 Å². The van der Waals surface area contributed by atoms with Crippen molar-refractivity contribution in [1.82, 2.24) is 10.2 Å². The highest BCUT2D eigenvalue weighted by molar-refractivity contribution is 5.97. The molecular weight excluding hydrogens is 271 g/mol. The zero-order chi connectivity index (χ0) is 14.8. The number of nitrogens with one attached hydrogen (secondary N) is 1. The van der Waals surface area contributed by atoms with E-state index in [9.17, 15) is 9.18 Å². The van der Waals surface area contributed by atoms with Crippen molar-refractivity contribution in [1.29, 1.82) is 0 Å². The van der Waals surface area contributed by atoms with Crippen LogP contribution in [0.25, 0.3) is 0 Å². The molecular formula is C16H21FN2O2. The maximum Gasteiger partial charge on any atom is 0.258 e. The summed E-state index contributed by atoms with van der Waals surface area (Å²) in [5.74, 6) is -0.487. The molecule has 1 N–H and O–H groups in total. The van der Waals surface area contributed by atoms with Gasteiger partial charge < -0.3 is 15.0 Å². The molecule has 1 aromatic rings. The van der Waals surface area contributed by atoms with Crippen LogP contribution in [0.1, 0.15) is 36.5 Å². The standard InChI is InChI=1S/C16H21FN2O2/c1-2-21-15-13(4-3-5-14(15)17)16(20)19-11-6-7-12(19)10-18-9-8-11/h3-5,11-12,18H,2,6-10H2,1H3. The number of hydrogen-bond donors (Lipinski definition) is 1. The molecule has 2 bridgehead atoms.